The lowest BCUT2D eigenvalue weighted by atomic mass is 9.72. The van der Waals surface area contributed by atoms with Gasteiger partial charge in [0.2, 0.25) is 0 Å². The zero-order chi connectivity index (χ0) is 23.3. The van der Waals surface area contributed by atoms with Crippen LogP contribution in [-0.4, -0.2) is 29.6 Å². The monoisotopic (exact) mass is 488 g/mol. The summed E-state index contributed by atoms with van der Waals surface area (Å²) in [4.78, 5) is 5.77. The number of sulfonamides is 1. The van der Waals surface area contributed by atoms with Crippen LogP contribution in [0.4, 0.5) is 5.82 Å². The number of rotatable bonds is 6. The maximum atomic E-state index is 13.7. The highest BCUT2D eigenvalue weighted by molar-refractivity contribution is 7.92. The van der Waals surface area contributed by atoms with Crippen LogP contribution >= 0.6 is 11.3 Å². The molecule has 1 fully saturated rings. The molecule has 1 saturated carbocycles. The Morgan fingerprint density at radius 3 is 2.53 bits per heavy atom. The minimum atomic E-state index is -3.73. The van der Waals surface area contributed by atoms with E-state index in [1.54, 1.807) is 23.5 Å². The van der Waals surface area contributed by atoms with E-state index in [-0.39, 0.29) is 11.5 Å². The van der Waals surface area contributed by atoms with Gasteiger partial charge in [0.05, 0.1) is 15.8 Å². The normalized spacial score (nSPS) is 19.7. The molecule has 172 valence electrons. The summed E-state index contributed by atoms with van der Waals surface area (Å²) in [7, 11) is -3.73. The van der Waals surface area contributed by atoms with Crippen molar-refractivity contribution in [1.82, 2.24) is 15.2 Å². The molecule has 0 bridgehead atoms. The second-order valence-corrected chi connectivity index (χ2v) is 11.7. The van der Waals surface area contributed by atoms with Gasteiger partial charge in [-0.3, -0.25) is 10.1 Å². The van der Waals surface area contributed by atoms with Crippen molar-refractivity contribution in [1.29, 1.82) is 0 Å². The first-order valence-electron chi connectivity index (χ1n) is 11.3. The van der Waals surface area contributed by atoms with Crippen molar-refractivity contribution in [2.24, 2.45) is 0 Å². The number of fused-ring (bicyclic) bond motifs is 1. The van der Waals surface area contributed by atoms with Gasteiger partial charge in [-0.15, -0.1) is 11.3 Å². The zero-order valence-electron chi connectivity index (χ0n) is 18.7. The molecule has 1 unspecified atom stereocenters. The maximum absolute atomic E-state index is 13.7. The van der Waals surface area contributed by atoms with E-state index in [1.807, 2.05) is 55.0 Å². The van der Waals surface area contributed by atoms with Crippen LogP contribution in [0.3, 0.4) is 0 Å². The minimum absolute atomic E-state index is 0.0607. The van der Waals surface area contributed by atoms with Gasteiger partial charge in [0.25, 0.3) is 10.0 Å². The van der Waals surface area contributed by atoms with Crippen LogP contribution < -0.4 is 4.31 Å². The van der Waals surface area contributed by atoms with Crippen molar-refractivity contribution in [3.63, 3.8) is 0 Å². The third kappa shape index (κ3) is 3.40. The molecule has 6 nitrogen and oxygen atoms in total. The summed E-state index contributed by atoms with van der Waals surface area (Å²) in [6, 6.07) is 17.3. The van der Waals surface area contributed by atoms with Gasteiger partial charge >= 0.3 is 0 Å². The van der Waals surface area contributed by atoms with E-state index >= 15 is 0 Å². The van der Waals surface area contributed by atoms with Crippen molar-refractivity contribution in [3.8, 4) is 0 Å². The van der Waals surface area contributed by atoms with Crippen molar-refractivity contribution in [2.45, 2.75) is 42.5 Å². The van der Waals surface area contributed by atoms with E-state index in [1.165, 1.54) is 9.87 Å². The number of H-pyrrole nitrogens is 1. The molecule has 2 aromatic carbocycles. The lowest BCUT2D eigenvalue weighted by Gasteiger charge is -2.33. The Bertz CT molecular complexity index is 1460. The van der Waals surface area contributed by atoms with Crippen molar-refractivity contribution >= 4 is 33.3 Å². The summed E-state index contributed by atoms with van der Waals surface area (Å²) in [6.45, 7) is 1.95. The molecule has 8 heteroatoms. The second kappa shape index (κ2) is 7.92. The molecule has 2 aromatic heterocycles. The number of hydrogen-bond acceptors (Lipinski definition) is 5. The Morgan fingerprint density at radius 2 is 1.85 bits per heavy atom. The van der Waals surface area contributed by atoms with Gasteiger partial charge < -0.3 is 0 Å². The zero-order valence-corrected chi connectivity index (χ0v) is 20.3. The number of nitrogens with zero attached hydrogens (tertiary/aromatic N) is 3. The Balaban J connectivity index is 1.44. The Labute approximate surface area is 203 Å². The number of nitrogens with one attached hydrogen (secondary N) is 1. The van der Waals surface area contributed by atoms with Gasteiger partial charge in [-0.2, -0.15) is 5.10 Å². The quantitative estimate of drug-likeness (QED) is 0.410. The highest BCUT2D eigenvalue weighted by Crippen LogP contribution is 2.46. The van der Waals surface area contributed by atoms with Crippen LogP contribution in [0.5, 0.6) is 0 Å². The molecule has 2 aliphatic rings. The maximum Gasteiger partial charge on any atom is 0.265 e. The molecule has 4 aromatic rings. The molecule has 0 saturated heterocycles. The predicted octanol–water partition coefficient (Wildman–Crippen LogP) is 5.09. The first kappa shape index (κ1) is 21.3. The molecule has 0 radical (unpaired) electrons. The average Bonchev–Trinajstić information content (AvgIpc) is 3.35. The molecule has 0 spiro atoms. The van der Waals surface area contributed by atoms with Gasteiger partial charge in [-0.05, 0) is 37.5 Å². The van der Waals surface area contributed by atoms with Crippen molar-refractivity contribution in [2.75, 3.05) is 4.31 Å². The molecular formula is C26H24N4O2S2. The van der Waals surface area contributed by atoms with Crippen molar-refractivity contribution in [3.05, 3.63) is 99.6 Å². The number of aromatic nitrogens is 3. The summed E-state index contributed by atoms with van der Waals surface area (Å²) < 4.78 is 28.9. The second-order valence-electron chi connectivity index (χ2n) is 9.00. The summed E-state index contributed by atoms with van der Waals surface area (Å²) >= 11 is 1.63. The number of anilines is 1. The van der Waals surface area contributed by atoms with Crippen LogP contribution in [-0.2, 0) is 21.9 Å². The van der Waals surface area contributed by atoms with Gasteiger partial charge in [-0.1, -0.05) is 60.2 Å². The molecule has 0 aliphatic heterocycles. The third-order valence-corrected chi connectivity index (χ3v) is 9.49. The van der Waals surface area contributed by atoms with E-state index in [9.17, 15) is 8.42 Å². The number of benzene rings is 2. The van der Waals surface area contributed by atoms with Crippen LogP contribution in [0.25, 0.3) is 6.08 Å². The minimum Gasteiger partial charge on any atom is -0.280 e. The Hall–Kier alpha value is -3.23. The summed E-state index contributed by atoms with van der Waals surface area (Å²) in [6.07, 6.45) is 8.46. The van der Waals surface area contributed by atoms with Crippen LogP contribution in [0.2, 0.25) is 0 Å². The lowest BCUT2D eigenvalue weighted by molar-refractivity contribution is 0.589. The van der Waals surface area contributed by atoms with E-state index in [2.05, 4.69) is 33.4 Å². The first-order valence-corrected chi connectivity index (χ1v) is 13.6. The first-order chi connectivity index (χ1) is 16.5. The van der Waals surface area contributed by atoms with Crippen LogP contribution in [0.15, 0.2) is 77.3 Å². The molecule has 0 amide bonds. The molecule has 6 rings (SSSR count). The number of allylic oxidation sites excluding steroid dienone is 1. The van der Waals surface area contributed by atoms with Gasteiger partial charge in [-0.25, -0.2) is 12.7 Å². The number of aryl methyl sites for hydroxylation is 1. The van der Waals surface area contributed by atoms with Crippen LogP contribution in [0.1, 0.15) is 40.1 Å². The Morgan fingerprint density at radius 1 is 1.09 bits per heavy atom. The fraction of sp³-hybridized carbons (Fsp3) is 0.231. The molecular weight excluding hydrogens is 464 g/mol. The molecule has 2 aliphatic carbocycles. The van der Waals surface area contributed by atoms with E-state index in [0.717, 1.165) is 34.5 Å². The van der Waals surface area contributed by atoms with E-state index in [4.69, 9.17) is 0 Å². The average molecular weight is 489 g/mol. The summed E-state index contributed by atoms with van der Waals surface area (Å²) in [5.41, 5.74) is 5.45. The van der Waals surface area contributed by atoms with Crippen molar-refractivity contribution < 1.29 is 8.42 Å². The SMILES string of the molecule is Cc1ccc(S(=O)(=O)N(c2n[nH]c3c2C=CC(c2ccccc2)(c2cncs2)C3)C2CC2)cc1. The fourth-order valence-corrected chi connectivity index (χ4v) is 7.22. The largest absolute Gasteiger partial charge is 0.280 e. The molecule has 34 heavy (non-hydrogen) atoms. The topological polar surface area (TPSA) is 79.0 Å². The lowest BCUT2D eigenvalue weighted by Crippen LogP contribution is -2.34. The predicted molar refractivity (Wildman–Crippen MR) is 135 cm³/mol. The number of aromatic amines is 1. The standard InChI is InChI=1S/C26H24N4O2S2/c1-18-7-11-21(12-8-18)34(31,32)30(20-9-10-20)25-22-13-14-26(15-23(22)28-29-25,24-16-27-17-33-24)19-5-3-2-4-6-19/h2-8,11-14,16-17,20H,9-10,15H2,1H3,(H,28,29). The smallest absolute Gasteiger partial charge is 0.265 e. The molecule has 1 atom stereocenters. The van der Waals surface area contributed by atoms with Gasteiger partial charge in [0.1, 0.15) is 0 Å². The third-order valence-electron chi connectivity index (χ3n) is 6.68. The van der Waals surface area contributed by atoms with Crippen LogP contribution in [0, 0.1) is 6.92 Å². The number of hydrogen-bond donors (Lipinski definition) is 1. The number of thiazole rings is 1. The summed E-state index contributed by atoms with van der Waals surface area (Å²) in [5.74, 6) is 0.486. The van der Waals surface area contributed by atoms with Gasteiger partial charge in [0.15, 0.2) is 5.82 Å². The van der Waals surface area contributed by atoms with E-state index < -0.39 is 10.0 Å². The summed E-state index contributed by atoms with van der Waals surface area (Å²) in [5, 5.41) is 7.75. The fourth-order valence-electron chi connectivity index (χ4n) is 4.71. The highest BCUT2D eigenvalue weighted by Gasteiger charge is 2.43. The van der Waals surface area contributed by atoms with E-state index in [0.29, 0.717) is 17.1 Å². The Kier molecular flexibility index (Phi) is 4.97. The van der Waals surface area contributed by atoms with Gasteiger partial charge in [0, 0.05) is 34.8 Å². The molecule has 1 N–H and O–H groups in total. The molecule has 2 heterocycles. The highest BCUT2D eigenvalue weighted by atomic mass is 32.2.